The third-order valence-electron chi connectivity index (χ3n) is 3.12. The lowest BCUT2D eigenvalue weighted by atomic mass is 10.1. The van der Waals surface area contributed by atoms with Crippen LogP contribution >= 0.6 is 0 Å². The molecular formula is C14H20N2O2. The molecule has 0 fully saturated rings. The summed E-state index contributed by atoms with van der Waals surface area (Å²) in [6, 6.07) is 7.95. The van der Waals surface area contributed by atoms with Crippen molar-refractivity contribution in [3.05, 3.63) is 29.8 Å². The smallest absolute Gasteiger partial charge is 0.223 e. The number of nitrogens with zero attached hydrogens (tertiary/aromatic N) is 1. The molecule has 4 heteroatoms. The van der Waals surface area contributed by atoms with E-state index >= 15 is 0 Å². The number of carbonyl (C=O) groups is 1. The van der Waals surface area contributed by atoms with E-state index in [4.69, 9.17) is 10.5 Å². The first kappa shape index (κ1) is 12.9. The van der Waals surface area contributed by atoms with Crippen LogP contribution in [0.15, 0.2) is 24.3 Å². The summed E-state index contributed by atoms with van der Waals surface area (Å²) in [5.41, 5.74) is 6.76. The minimum atomic E-state index is 0.0736. The van der Waals surface area contributed by atoms with Crippen LogP contribution in [0, 0.1) is 0 Å². The molecule has 18 heavy (non-hydrogen) atoms. The van der Waals surface area contributed by atoms with Crippen molar-refractivity contribution in [3.8, 4) is 5.75 Å². The molecule has 1 atom stereocenters. The van der Waals surface area contributed by atoms with Gasteiger partial charge in [0.1, 0.15) is 12.4 Å². The summed E-state index contributed by atoms with van der Waals surface area (Å²) < 4.78 is 5.64. The Morgan fingerprint density at radius 1 is 1.50 bits per heavy atom. The van der Waals surface area contributed by atoms with Gasteiger partial charge in [-0.3, -0.25) is 4.79 Å². The molecule has 1 amide bonds. The number of para-hydroxylation sites is 1. The number of hydrogen-bond acceptors (Lipinski definition) is 3. The zero-order valence-electron chi connectivity index (χ0n) is 10.8. The molecule has 0 bridgehead atoms. The summed E-state index contributed by atoms with van der Waals surface area (Å²) in [6.07, 6.45) is 1.25. The molecule has 0 saturated carbocycles. The molecule has 4 nitrogen and oxygen atoms in total. The van der Waals surface area contributed by atoms with Crippen LogP contribution in [0.2, 0.25) is 0 Å². The van der Waals surface area contributed by atoms with E-state index in [1.165, 1.54) is 0 Å². The lowest BCUT2D eigenvalue weighted by Crippen LogP contribution is -2.33. The fourth-order valence-corrected chi connectivity index (χ4v) is 2.05. The normalized spacial score (nSPS) is 16.4. The van der Waals surface area contributed by atoms with E-state index in [9.17, 15) is 4.79 Å². The lowest BCUT2D eigenvalue weighted by molar-refractivity contribution is -0.132. The van der Waals surface area contributed by atoms with Gasteiger partial charge >= 0.3 is 0 Å². The first-order valence-electron chi connectivity index (χ1n) is 6.41. The molecule has 1 aromatic carbocycles. The summed E-state index contributed by atoms with van der Waals surface area (Å²) in [5, 5.41) is 0. The summed E-state index contributed by atoms with van der Waals surface area (Å²) >= 11 is 0. The Kier molecular flexibility index (Phi) is 4.20. The second kappa shape index (κ2) is 5.87. The van der Waals surface area contributed by atoms with Crippen LogP contribution in [0.25, 0.3) is 0 Å². The van der Waals surface area contributed by atoms with Gasteiger partial charge < -0.3 is 15.4 Å². The predicted octanol–water partition coefficient (Wildman–Crippen LogP) is 1.53. The molecule has 0 aliphatic carbocycles. The van der Waals surface area contributed by atoms with Crippen LogP contribution in [-0.4, -0.2) is 30.0 Å². The fraction of sp³-hybridized carbons (Fsp3) is 0.500. The fourth-order valence-electron chi connectivity index (χ4n) is 2.05. The Labute approximate surface area is 108 Å². The number of hydrogen-bond donors (Lipinski definition) is 1. The minimum Gasteiger partial charge on any atom is -0.491 e. The van der Waals surface area contributed by atoms with Crippen molar-refractivity contribution >= 4 is 5.91 Å². The van der Waals surface area contributed by atoms with Gasteiger partial charge in [-0.2, -0.15) is 0 Å². The molecule has 0 radical (unpaired) electrons. The molecule has 1 unspecified atom stereocenters. The Hall–Kier alpha value is -1.55. The number of carbonyl (C=O) groups excluding carboxylic acids is 1. The number of fused-ring (bicyclic) bond motifs is 1. The molecule has 98 valence electrons. The highest BCUT2D eigenvalue weighted by Crippen LogP contribution is 2.22. The van der Waals surface area contributed by atoms with Crippen molar-refractivity contribution in [1.29, 1.82) is 0 Å². The van der Waals surface area contributed by atoms with Crippen LogP contribution < -0.4 is 10.5 Å². The molecule has 0 spiro atoms. The average Bonchev–Trinajstić information content (AvgIpc) is 2.57. The first-order chi connectivity index (χ1) is 8.66. The summed E-state index contributed by atoms with van der Waals surface area (Å²) in [7, 11) is 0. The highest BCUT2D eigenvalue weighted by Gasteiger charge is 2.19. The van der Waals surface area contributed by atoms with E-state index in [0.29, 0.717) is 26.1 Å². The quantitative estimate of drug-likeness (QED) is 0.882. The molecular weight excluding hydrogens is 228 g/mol. The Morgan fingerprint density at radius 3 is 3.06 bits per heavy atom. The van der Waals surface area contributed by atoms with E-state index in [-0.39, 0.29) is 11.9 Å². The van der Waals surface area contributed by atoms with Gasteiger partial charge in [0.05, 0.1) is 6.54 Å². The van der Waals surface area contributed by atoms with Crippen LogP contribution in [-0.2, 0) is 11.3 Å². The van der Waals surface area contributed by atoms with Gasteiger partial charge in [-0.05, 0) is 19.4 Å². The average molecular weight is 248 g/mol. The largest absolute Gasteiger partial charge is 0.491 e. The summed E-state index contributed by atoms with van der Waals surface area (Å²) in [5.74, 6) is 1.05. The Morgan fingerprint density at radius 2 is 2.28 bits per heavy atom. The van der Waals surface area contributed by atoms with E-state index < -0.39 is 0 Å². The Bertz CT molecular complexity index is 418. The SMILES string of the molecule is CC(N)CCC(=O)N1CCOc2ccccc2C1. The highest BCUT2D eigenvalue weighted by molar-refractivity contribution is 5.76. The zero-order valence-corrected chi connectivity index (χ0v) is 10.8. The van der Waals surface area contributed by atoms with Crippen molar-refractivity contribution in [2.24, 2.45) is 5.73 Å². The van der Waals surface area contributed by atoms with Crippen molar-refractivity contribution in [2.75, 3.05) is 13.2 Å². The van der Waals surface area contributed by atoms with Gasteiger partial charge in [-0.1, -0.05) is 18.2 Å². The Balaban J connectivity index is 2.01. The first-order valence-corrected chi connectivity index (χ1v) is 6.41. The highest BCUT2D eigenvalue weighted by atomic mass is 16.5. The number of nitrogens with two attached hydrogens (primary N) is 1. The lowest BCUT2D eigenvalue weighted by Gasteiger charge is -2.20. The number of amides is 1. The molecule has 2 N–H and O–H groups in total. The van der Waals surface area contributed by atoms with Crippen LogP contribution in [0.5, 0.6) is 5.75 Å². The van der Waals surface area contributed by atoms with Crippen LogP contribution in [0.3, 0.4) is 0 Å². The number of ether oxygens (including phenoxy) is 1. The maximum Gasteiger partial charge on any atom is 0.223 e. The number of benzene rings is 1. The second-order valence-corrected chi connectivity index (χ2v) is 4.79. The molecule has 2 rings (SSSR count). The van der Waals surface area contributed by atoms with E-state index in [0.717, 1.165) is 17.7 Å². The van der Waals surface area contributed by atoms with E-state index in [1.807, 2.05) is 36.1 Å². The van der Waals surface area contributed by atoms with Gasteiger partial charge in [0.15, 0.2) is 0 Å². The maximum atomic E-state index is 12.1. The van der Waals surface area contributed by atoms with Crippen molar-refractivity contribution < 1.29 is 9.53 Å². The van der Waals surface area contributed by atoms with Gasteiger partial charge in [0.2, 0.25) is 5.91 Å². The van der Waals surface area contributed by atoms with Gasteiger partial charge in [0, 0.05) is 24.6 Å². The predicted molar refractivity (Wildman–Crippen MR) is 70.2 cm³/mol. The van der Waals surface area contributed by atoms with E-state index in [1.54, 1.807) is 0 Å². The monoisotopic (exact) mass is 248 g/mol. The summed E-state index contributed by atoms with van der Waals surface area (Å²) in [6.45, 7) is 3.76. The molecule has 1 aliphatic rings. The van der Waals surface area contributed by atoms with Crippen LogP contribution in [0.4, 0.5) is 0 Å². The third-order valence-corrected chi connectivity index (χ3v) is 3.12. The second-order valence-electron chi connectivity index (χ2n) is 4.79. The standard InChI is InChI=1S/C14H20N2O2/c1-11(15)6-7-14(17)16-8-9-18-13-5-3-2-4-12(13)10-16/h2-5,11H,6-10,15H2,1H3. The van der Waals surface area contributed by atoms with Crippen LogP contribution in [0.1, 0.15) is 25.3 Å². The molecule has 1 aliphatic heterocycles. The topological polar surface area (TPSA) is 55.6 Å². The van der Waals surface area contributed by atoms with Gasteiger partial charge in [-0.25, -0.2) is 0 Å². The third kappa shape index (κ3) is 3.23. The van der Waals surface area contributed by atoms with Crippen molar-refractivity contribution in [2.45, 2.75) is 32.4 Å². The van der Waals surface area contributed by atoms with Crippen molar-refractivity contribution in [1.82, 2.24) is 4.90 Å². The molecule has 1 heterocycles. The zero-order chi connectivity index (χ0) is 13.0. The molecule has 0 aromatic heterocycles. The molecule has 1 aromatic rings. The number of rotatable bonds is 3. The molecule has 0 saturated heterocycles. The maximum absolute atomic E-state index is 12.1. The van der Waals surface area contributed by atoms with Gasteiger partial charge in [-0.15, -0.1) is 0 Å². The van der Waals surface area contributed by atoms with Crippen molar-refractivity contribution in [3.63, 3.8) is 0 Å². The minimum absolute atomic E-state index is 0.0736. The van der Waals surface area contributed by atoms with E-state index in [2.05, 4.69) is 0 Å². The van der Waals surface area contributed by atoms with Gasteiger partial charge in [0.25, 0.3) is 0 Å². The summed E-state index contributed by atoms with van der Waals surface area (Å²) in [4.78, 5) is 13.9.